The highest BCUT2D eigenvalue weighted by atomic mass is 16.3. The van der Waals surface area contributed by atoms with E-state index in [0.29, 0.717) is 24.2 Å². The average Bonchev–Trinajstić information content (AvgIpc) is 2.51. The van der Waals surface area contributed by atoms with Gasteiger partial charge in [0.15, 0.2) is 0 Å². The number of carbonyl (C=O) groups excluding carboxylic acids is 2. The molecule has 0 radical (unpaired) electrons. The van der Waals surface area contributed by atoms with Gasteiger partial charge in [-0.3, -0.25) is 9.59 Å². The van der Waals surface area contributed by atoms with Crippen molar-refractivity contribution in [1.29, 1.82) is 0 Å². The number of phenols is 1. The lowest BCUT2D eigenvalue weighted by Gasteiger charge is -2.07. The molecule has 22 heavy (non-hydrogen) atoms. The SMILES string of the molecule is Cc1ccc(C(=O)NCCNC(=O)c2cccc(O)c2)cc1. The quantitative estimate of drug-likeness (QED) is 0.737. The predicted molar refractivity (Wildman–Crippen MR) is 84.0 cm³/mol. The Kier molecular flexibility index (Phi) is 5.14. The van der Waals surface area contributed by atoms with E-state index in [1.807, 2.05) is 19.1 Å². The summed E-state index contributed by atoms with van der Waals surface area (Å²) < 4.78 is 0. The third kappa shape index (κ3) is 4.34. The van der Waals surface area contributed by atoms with Gasteiger partial charge in [0.2, 0.25) is 0 Å². The van der Waals surface area contributed by atoms with Gasteiger partial charge in [0, 0.05) is 24.2 Å². The Morgan fingerprint density at radius 3 is 2.09 bits per heavy atom. The summed E-state index contributed by atoms with van der Waals surface area (Å²) in [6.45, 7) is 2.60. The van der Waals surface area contributed by atoms with Crippen LogP contribution in [-0.2, 0) is 0 Å². The number of benzene rings is 2. The molecule has 0 aliphatic heterocycles. The fourth-order valence-electron chi connectivity index (χ4n) is 1.91. The molecule has 2 aromatic carbocycles. The van der Waals surface area contributed by atoms with E-state index in [2.05, 4.69) is 10.6 Å². The highest BCUT2D eigenvalue weighted by molar-refractivity contribution is 5.95. The molecule has 2 aromatic rings. The van der Waals surface area contributed by atoms with E-state index in [4.69, 9.17) is 0 Å². The monoisotopic (exact) mass is 298 g/mol. The molecule has 5 nitrogen and oxygen atoms in total. The number of nitrogens with one attached hydrogen (secondary N) is 2. The fraction of sp³-hybridized carbons (Fsp3) is 0.176. The van der Waals surface area contributed by atoms with Crippen LogP contribution in [0, 0.1) is 6.92 Å². The van der Waals surface area contributed by atoms with E-state index in [1.54, 1.807) is 24.3 Å². The molecule has 0 saturated carbocycles. The first-order valence-corrected chi connectivity index (χ1v) is 6.98. The van der Waals surface area contributed by atoms with Crippen LogP contribution in [-0.4, -0.2) is 30.0 Å². The normalized spacial score (nSPS) is 10.0. The first-order chi connectivity index (χ1) is 10.6. The van der Waals surface area contributed by atoms with Gasteiger partial charge in [0.1, 0.15) is 5.75 Å². The van der Waals surface area contributed by atoms with Crippen LogP contribution in [0.25, 0.3) is 0 Å². The number of carbonyl (C=O) groups is 2. The van der Waals surface area contributed by atoms with E-state index >= 15 is 0 Å². The standard InChI is InChI=1S/C17H18N2O3/c1-12-5-7-13(8-6-12)16(21)18-9-10-19-17(22)14-3-2-4-15(20)11-14/h2-8,11,20H,9-10H2,1H3,(H,18,21)(H,19,22). The van der Waals surface area contributed by atoms with Gasteiger partial charge >= 0.3 is 0 Å². The summed E-state index contributed by atoms with van der Waals surface area (Å²) in [6, 6.07) is 13.4. The molecule has 2 rings (SSSR count). The highest BCUT2D eigenvalue weighted by Gasteiger charge is 2.07. The number of aromatic hydroxyl groups is 1. The molecule has 0 bridgehead atoms. The summed E-state index contributed by atoms with van der Waals surface area (Å²) in [5.41, 5.74) is 2.06. The average molecular weight is 298 g/mol. The van der Waals surface area contributed by atoms with Crippen LogP contribution in [0.5, 0.6) is 5.75 Å². The second-order valence-electron chi connectivity index (χ2n) is 4.93. The first-order valence-electron chi connectivity index (χ1n) is 6.98. The molecule has 0 aromatic heterocycles. The first kappa shape index (κ1) is 15.6. The highest BCUT2D eigenvalue weighted by Crippen LogP contribution is 2.10. The Balaban J connectivity index is 1.76. The molecule has 114 valence electrons. The number of phenolic OH excluding ortho intramolecular Hbond substituents is 1. The Hall–Kier alpha value is -2.82. The maximum absolute atomic E-state index is 11.9. The lowest BCUT2D eigenvalue weighted by molar-refractivity contribution is 0.0927. The van der Waals surface area contributed by atoms with Gasteiger partial charge < -0.3 is 15.7 Å². The van der Waals surface area contributed by atoms with Gasteiger partial charge in [-0.05, 0) is 37.3 Å². The summed E-state index contributed by atoms with van der Waals surface area (Å²) >= 11 is 0. The lowest BCUT2D eigenvalue weighted by atomic mass is 10.1. The second kappa shape index (κ2) is 7.26. The molecular weight excluding hydrogens is 280 g/mol. The van der Waals surface area contributed by atoms with E-state index in [0.717, 1.165) is 5.56 Å². The van der Waals surface area contributed by atoms with Crippen LogP contribution in [0.1, 0.15) is 26.3 Å². The topological polar surface area (TPSA) is 78.4 Å². The van der Waals surface area contributed by atoms with Crippen molar-refractivity contribution in [3.63, 3.8) is 0 Å². The number of hydrogen-bond donors (Lipinski definition) is 3. The molecule has 0 unspecified atom stereocenters. The van der Waals surface area contributed by atoms with Gasteiger partial charge in [-0.25, -0.2) is 0 Å². The molecule has 0 heterocycles. The zero-order valence-electron chi connectivity index (χ0n) is 12.3. The summed E-state index contributed by atoms with van der Waals surface area (Å²) in [4.78, 5) is 23.7. The minimum Gasteiger partial charge on any atom is -0.508 e. The van der Waals surface area contributed by atoms with Crippen molar-refractivity contribution in [3.8, 4) is 5.75 Å². The zero-order valence-corrected chi connectivity index (χ0v) is 12.3. The van der Waals surface area contributed by atoms with Crippen molar-refractivity contribution in [1.82, 2.24) is 10.6 Å². The number of amides is 2. The molecule has 0 fully saturated rings. The van der Waals surface area contributed by atoms with Crippen molar-refractivity contribution < 1.29 is 14.7 Å². The van der Waals surface area contributed by atoms with Gasteiger partial charge in [0.05, 0.1) is 0 Å². The third-order valence-corrected chi connectivity index (χ3v) is 3.12. The molecular formula is C17H18N2O3. The molecule has 3 N–H and O–H groups in total. The minimum absolute atomic E-state index is 0.0420. The maximum Gasteiger partial charge on any atom is 0.251 e. The molecule has 0 atom stereocenters. The Bertz CT molecular complexity index is 666. The Labute approximate surface area is 129 Å². The number of aryl methyl sites for hydroxylation is 1. The molecule has 0 saturated heterocycles. The Morgan fingerprint density at radius 2 is 1.50 bits per heavy atom. The number of hydrogen-bond acceptors (Lipinski definition) is 3. The third-order valence-electron chi connectivity index (χ3n) is 3.12. The predicted octanol–water partition coefficient (Wildman–Crippen LogP) is 1.86. The molecule has 0 aliphatic carbocycles. The van der Waals surface area contributed by atoms with Crippen LogP contribution < -0.4 is 10.6 Å². The molecule has 5 heteroatoms. The van der Waals surface area contributed by atoms with Crippen molar-refractivity contribution in [3.05, 3.63) is 65.2 Å². The van der Waals surface area contributed by atoms with Crippen LogP contribution >= 0.6 is 0 Å². The van der Waals surface area contributed by atoms with Gasteiger partial charge in [-0.1, -0.05) is 23.8 Å². The largest absolute Gasteiger partial charge is 0.508 e. The van der Waals surface area contributed by atoms with E-state index in [1.165, 1.54) is 12.1 Å². The van der Waals surface area contributed by atoms with Gasteiger partial charge in [0.25, 0.3) is 11.8 Å². The van der Waals surface area contributed by atoms with Crippen molar-refractivity contribution >= 4 is 11.8 Å². The van der Waals surface area contributed by atoms with Crippen molar-refractivity contribution in [2.75, 3.05) is 13.1 Å². The van der Waals surface area contributed by atoms with Crippen molar-refractivity contribution in [2.24, 2.45) is 0 Å². The summed E-state index contributed by atoms with van der Waals surface area (Å²) in [6.07, 6.45) is 0. The minimum atomic E-state index is -0.291. The van der Waals surface area contributed by atoms with Crippen molar-refractivity contribution in [2.45, 2.75) is 6.92 Å². The Morgan fingerprint density at radius 1 is 0.909 bits per heavy atom. The molecule has 0 aliphatic rings. The van der Waals surface area contributed by atoms with Crippen LogP contribution in [0.2, 0.25) is 0 Å². The molecule has 2 amide bonds. The van der Waals surface area contributed by atoms with Crippen LogP contribution in [0.4, 0.5) is 0 Å². The smallest absolute Gasteiger partial charge is 0.251 e. The summed E-state index contributed by atoms with van der Waals surface area (Å²) in [5.74, 6) is -0.424. The summed E-state index contributed by atoms with van der Waals surface area (Å²) in [7, 11) is 0. The van der Waals surface area contributed by atoms with E-state index in [9.17, 15) is 14.7 Å². The number of rotatable bonds is 5. The van der Waals surface area contributed by atoms with Gasteiger partial charge in [-0.15, -0.1) is 0 Å². The summed E-state index contributed by atoms with van der Waals surface area (Å²) in [5, 5.41) is 14.7. The van der Waals surface area contributed by atoms with Crippen LogP contribution in [0.15, 0.2) is 48.5 Å². The zero-order chi connectivity index (χ0) is 15.9. The van der Waals surface area contributed by atoms with E-state index < -0.39 is 0 Å². The fourth-order valence-corrected chi connectivity index (χ4v) is 1.91. The second-order valence-corrected chi connectivity index (χ2v) is 4.93. The molecule has 0 spiro atoms. The lowest BCUT2D eigenvalue weighted by Crippen LogP contribution is -2.34. The van der Waals surface area contributed by atoms with Crippen LogP contribution in [0.3, 0.4) is 0 Å². The van der Waals surface area contributed by atoms with Gasteiger partial charge in [-0.2, -0.15) is 0 Å². The van der Waals surface area contributed by atoms with E-state index in [-0.39, 0.29) is 17.6 Å². The maximum atomic E-state index is 11.9.